The van der Waals surface area contributed by atoms with Gasteiger partial charge in [0.2, 0.25) is 0 Å². The minimum absolute atomic E-state index is 0.0138. The van der Waals surface area contributed by atoms with Crippen molar-refractivity contribution in [3.05, 3.63) is 0 Å². The van der Waals surface area contributed by atoms with Crippen LogP contribution in [-0.2, 0) is 9.59 Å². The zero-order valence-electron chi connectivity index (χ0n) is 16.9. The second-order valence-corrected chi connectivity index (χ2v) is 7.60. The fraction of sp³-hybridized carbons (Fsp3) is 0.905. The van der Waals surface area contributed by atoms with Gasteiger partial charge < -0.3 is 21.1 Å². The average molecular weight is 388 g/mol. The Balaban J connectivity index is 3.29. The van der Waals surface area contributed by atoms with Gasteiger partial charge in [-0.3, -0.25) is 9.59 Å². The van der Waals surface area contributed by atoms with E-state index in [0.717, 1.165) is 38.5 Å². The highest BCUT2D eigenvalue weighted by atomic mass is 16.4. The number of aliphatic hydroxyl groups is 2. The monoisotopic (exact) mass is 387 g/mol. The number of unbranched alkanes of at least 4 members (excludes halogenated alkanes) is 10. The Morgan fingerprint density at radius 1 is 0.704 bits per heavy atom. The van der Waals surface area contributed by atoms with Crippen LogP contribution in [0.3, 0.4) is 0 Å². The molecule has 6 heteroatoms. The number of carbonyl (C=O) groups is 2. The molecule has 5 N–H and O–H groups in total. The van der Waals surface area contributed by atoms with Crippen LogP contribution in [-0.4, -0.2) is 45.8 Å². The minimum atomic E-state index is -0.907. The van der Waals surface area contributed by atoms with Crippen LogP contribution in [0.2, 0.25) is 0 Å². The fourth-order valence-corrected chi connectivity index (χ4v) is 3.19. The Hall–Kier alpha value is -0.980. The van der Waals surface area contributed by atoms with Gasteiger partial charge in [0.15, 0.2) is 0 Å². The van der Waals surface area contributed by atoms with Crippen molar-refractivity contribution in [1.29, 1.82) is 0 Å². The first-order chi connectivity index (χ1) is 13.0. The fourth-order valence-electron chi connectivity index (χ4n) is 3.19. The summed E-state index contributed by atoms with van der Waals surface area (Å²) in [5, 5.41) is 26.8. The lowest BCUT2D eigenvalue weighted by atomic mass is 10.0. The summed E-state index contributed by atoms with van der Waals surface area (Å²) in [6.07, 6.45) is 14.3. The third-order valence-electron chi connectivity index (χ3n) is 5.01. The standard InChI is InChI=1S/C21H41NO5/c22-19(14-15-21(26)27)20(25)13-11-9-7-5-3-1-2-4-6-8-10-12-18(24)16-17-23/h18-19,23-24H,1-17,22H2,(H,26,27)/t18?,19-/m0/s1. The number of carboxylic acid groups (broad SMARTS) is 1. The van der Waals surface area contributed by atoms with E-state index in [2.05, 4.69) is 0 Å². The maximum atomic E-state index is 11.8. The zero-order chi connectivity index (χ0) is 20.3. The Bertz CT molecular complexity index is 376. The molecule has 0 bridgehead atoms. The van der Waals surface area contributed by atoms with Crippen LogP contribution in [0.1, 0.15) is 103 Å². The third-order valence-corrected chi connectivity index (χ3v) is 5.01. The molecule has 27 heavy (non-hydrogen) atoms. The van der Waals surface area contributed by atoms with Crippen LogP contribution in [0.4, 0.5) is 0 Å². The molecule has 0 fully saturated rings. The topological polar surface area (TPSA) is 121 Å². The second-order valence-electron chi connectivity index (χ2n) is 7.60. The summed E-state index contributed by atoms with van der Waals surface area (Å²) >= 11 is 0. The van der Waals surface area contributed by atoms with E-state index in [1.807, 2.05) is 0 Å². The molecule has 0 aliphatic carbocycles. The summed E-state index contributed by atoms with van der Waals surface area (Å²) in [6.45, 7) is 0.0673. The first-order valence-corrected chi connectivity index (χ1v) is 10.8. The quantitative estimate of drug-likeness (QED) is 0.237. The molecular weight excluding hydrogens is 346 g/mol. The van der Waals surface area contributed by atoms with Gasteiger partial charge in [-0.1, -0.05) is 64.2 Å². The van der Waals surface area contributed by atoms with E-state index < -0.39 is 12.0 Å². The number of carbonyl (C=O) groups excluding carboxylic acids is 1. The normalized spacial score (nSPS) is 13.4. The van der Waals surface area contributed by atoms with E-state index in [-0.39, 0.29) is 31.3 Å². The summed E-state index contributed by atoms with van der Waals surface area (Å²) in [5.41, 5.74) is 5.70. The first kappa shape index (κ1) is 26.0. The molecule has 160 valence electrons. The molecule has 6 nitrogen and oxygen atoms in total. The van der Waals surface area contributed by atoms with Gasteiger partial charge in [0.1, 0.15) is 5.78 Å². The SMILES string of the molecule is N[C@@H](CCC(=O)O)C(=O)CCCCCCCCCCCCCC(O)CCO. The van der Waals surface area contributed by atoms with Crippen LogP contribution in [0, 0.1) is 0 Å². The Labute approximate surface area is 164 Å². The van der Waals surface area contributed by atoms with Gasteiger partial charge in [0, 0.05) is 19.4 Å². The van der Waals surface area contributed by atoms with E-state index in [0.29, 0.717) is 12.8 Å². The largest absolute Gasteiger partial charge is 0.481 e. The van der Waals surface area contributed by atoms with Gasteiger partial charge in [-0.2, -0.15) is 0 Å². The maximum Gasteiger partial charge on any atom is 0.303 e. The number of Topliss-reactive ketones (excluding diaryl/α,β-unsaturated/α-hetero) is 1. The molecule has 0 amide bonds. The number of aliphatic carboxylic acids is 1. The Morgan fingerprint density at radius 2 is 1.19 bits per heavy atom. The molecule has 0 aromatic rings. The lowest BCUT2D eigenvalue weighted by Crippen LogP contribution is -2.30. The summed E-state index contributed by atoms with van der Waals surface area (Å²) in [4.78, 5) is 22.2. The lowest BCUT2D eigenvalue weighted by molar-refractivity contribution is -0.137. The molecule has 1 unspecified atom stereocenters. The van der Waals surface area contributed by atoms with Gasteiger partial charge in [-0.15, -0.1) is 0 Å². The van der Waals surface area contributed by atoms with Crippen LogP contribution in [0.5, 0.6) is 0 Å². The molecule has 0 heterocycles. The smallest absolute Gasteiger partial charge is 0.303 e. The Kier molecular flexibility index (Phi) is 17.7. The van der Waals surface area contributed by atoms with Crippen molar-refractivity contribution in [3.8, 4) is 0 Å². The molecule has 2 atom stereocenters. The highest BCUT2D eigenvalue weighted by Gasteiger charge is 2.14. The van der Waals surface area contributed by atoms with Gasteiger partial charge >= 0.3 is 5.97 Å². The number of hydrogen-bond acceptors (Lipinski definition) is 5. The van der Waals surface area contributed by atoms with Crippen molar-refractivity contribution >= 4 is 11.8 Å². The van der Waals surface area contributed by atoms with Crippen LogP contribution >= 0.6 is 0 Å². The highest BCUT2D eigenvalue weighted by Crippen LogP contribution is 2.14. The number of carboxylic acids is 1. The van der Waals surface area contributed by atoms with Gasteiger partial charge in [-0.05, 0) is 25.7 Å². The van der Waals surface area contributed by atoms with E-state index in [1.54, 1.807) is 0 Å². The summed E-state index contributed by atoms with van der Waals surface area (Å²) in [6, 6.07) is -0.626. The highest BCUT2D eigenvalue weighted by molar-refractivity contribution is 5.84. The maximum absolute atomic E-state index is 11.8. The van der Waals surface area contributed by atoms with Crippen molar-refractivity contribution in [2.45, 2.75) is 115 Å². The van der Waals surface area contributed by atoms with E-state index >= 15 is 0 Å². The number of hydrogen-bond donors (Lipinski definition) is 4. The Morgan fingerprint density at radius 3 is 1.67 bits per heavy atom. The minimum Gasteiger partial charge on any atom is -0.481 e. The lowest BCUT2D eigenvalue weighted by Gasteiger charge is -2.09. The van der Waals surface area contributed by atoms with Crippen LogP contribution < -0.4 is 5.73 Å². The number of aliphatic hydroxyl groups excluding tert-OH is 2. The predicted molar refractivity (Wildman–Crippen MR) is 108 cm³/mol. The van der Waals surface area contributed by atoms with Crippen molar-refractivity contribution in [2.24, 2.45) is 5.73 Å². The van der Waals surface area contributed by atoms with Gasteiger partial charge in [0.05, 0.1) is 12.1 Å². The summed E-state index contributed by atoms with van der Waals surface area (Å²) in [7, 11) is 0. The van der Waals surface area contributed by atoms with Crippen molar-refractivity contribution < 1.29 is 24.9 Å². The number of ketones is 1. The number of nitrogens with two attached hydrogens (primary N) is 1. The number of rotatable bonds is 20. The molecule has 0 saturated carbocycles. The molecule has 0 rings (SSSR count). The van der Waals surface area contributed by atoms with Crippen molar-refractivity contribution in [3.63, 3.8) is 0 Å². The van der Waals surface area contributed by atoms with E-state index in [1.165, 1.54) is 38.5 Å². The zero-order valence-corrected chi connectivity index (χ0v) is 16.9. The molecule has 0 aliphatic heterocycles. The van der Waals surface area contributed by atoms with Crippen LogP contribution in [0.15, 0.2) is 0 Å². The second kappa shape index (κ2) is 18.4. The average Bonchev–Trinajstić information content (AvgIpc) is 2.63. The van der Waals surface area contributed by atoms with Crippen molar-refractivity contribution in [2.75, 3.05) is 6.61 Å². The van der Waals surface area contributed by atoms with E-state index in [9.17, 15) is 14.7 Å². The van der Waals surface area contributed by atoms with Crippen molar-refractivity contribution in [1.82, 2.24) is 0 Å². The third kappa shape index (κ3) is 18.2. The van der Waals surface area contributed by atoms with E-state index in [4.69, 9.17) is 15.9 Å². The van der Waals surface area contributed by atoms with Crippen LogP contribution in [0.25, 0.3) is 0 Å². The molecule has 0 saturated heterocycles. The summed E-state index contributed by atoms with van der Waals surface area (Å²) in [5.74, 6) is -0.921. The van der Waals surface area contributed by atoms with Gasteiger partial charge in [0.25, 0.3) is 0 Å². The molecule has 0 aromatic carbocycles. The molecule has 0 aromatic heterocycles. The molecular formula is C21H41NO5. The molecule has 0 radical (unpaired) electrons. The molecule has 0 aliphatic rings. The predicted octanol–water partition coefficient (Wildman–Crippen LogP) is 3.56. The molecule has 0 spiro atoms. The van der Waals surface area contributed by atoms with Gasteiger partial charge in [-0.25, -0.2) is 0 Å². The first-order valence-electron chi connectivity index (χ1n) is 10.8. The summed E-state index contributed by atoms with van der Waals surface area (Å²) < 4.78 is 0.